The number of fused-ring (bicyclic) bond motifs is 1. The average molecular weight is 306 g/mol. The van der Waals surface area contributed by atoms with Crippen molar-refractivity contribution in [3.63, 3.8) is 0 Å². The number of para-hydroxylation sites is 1. The molecule has 0 fully saturated rings. The first-order valence-electron chi connectivity index (χ1n) is 7.09. The molecule has 0 aliphatic heterocycles. The van der Waals surface area contributed by atoms with Crippen LogP contribution >= 0.6 is 11.6 Å². The summed E-state index contributed by atoms with van der Waals surface area (Å²) in [6, 6.07) is 9.90. The molecule has 0 atom stereocenters. The molecular formula is C16H20ClN3O. The maximum atomic E-state index is 11.7. The van der Waals surface area contributed by atoms with Gasteiger partial charge in [0, 0.05) is 24.0 Å². The van der Waals surface area contributed by atoms with Crippen molar-refractivity contribution in [2.45, 2.75) is 19.9 Å². The zero-order valence-electron chi connectivity index (χ0n) is 12.4. The first-order valence-corrected chi connectivity index (χ1v) is 7.47. The van der Waals surface area contributed by atoms with Crippen LogP contribution in [0.15, 0.2) is 30.3 Å². The molecule has 0 spiro atoms. The van der Waals surface area contributed by atoms with Crippen LogP contribution in [-0.2, 0) is 11.3 Å². The van der Waals surface area contributed by atoms with E-state index in [0.717, 1.165) is 22.9 Å². The number of aromatic nitrogens is 1. The molecule has 1 N–H and O–H groups in total. The zero-order valence-corrected chi connectivity index (χ0v) is 13.2. The summed E-state index contributed by atoms with van der Waals surface area (Å²) in [5.74, 6) is 0.0317. The number of hydrogen-bond donors (Lipinski definition) is 1. The van der Waals surface area contributed by atoms with Gasteiger partial charge in [0.1, 0.15) is 5.15 Å². The highest BCUT2D eigenvalue weighted by Gasteiger charge is 2.10. The second-order valence-corrected chi connectivity index (χ2v) is 5.51. The van der Waals surface area contributed by atoms with E-state index in [4.69, 9.17) is 11.6 Å². The van der Waals surface area contributed by atoms with Crippen LogP contribution in [0.3, 0.4) is 0 Å². The smallest absolute Gasteiger partial charge is 0.234 e. The van der Waals surface area contributed by atoms with Gasteiger partial charge in [0.05, 0.1) is 12.1 Å². The third-order valence-corrected chi connectivity index (χ3v) is 3.50. The lowest BCUT2D eigenvalue weighted by Crippen LogP contribution is -2.35. The number of amides is 1. The van der Waals surface area contributed by atoms with Gasteiger partial charge in [-0.3, -0.25) is 9.69 Å². The summed E-state index contributed by atoms with van der Waals surface area (Å²) >= 11 is 6.23. The molecule has 0 unspecified atom stereocenters. The van der Waals surface area contributed by atoms with E-state index in [2.05, 4.69) is 10.3 Å². The Labute approximate surface area is 130 Å². The van der Waals surface area contributed by atoms with Gasteiger partial charge in [0.25, 0.3) is 0 Å². The van der Waals surface area contributed by atoms with Gasteiger partial charge in [-0.25, -0.2) is 4.98 Å². The normalized spacial score (nSPS) is 11.0. The minimum Gasteiger partial charge on any atom is -0.355 e. The number of rotatable bonds is 6. The van der Waals surface area contributed by atoms with E-state index in [0.29, 0.717) is 24.8 Å². The lowest BCUT2D eigenvalue weighted by molar-refractivity contribution is -0.122. The van der Waals surface area contributed by atoms with Gasteiger partial charge in [-0.05, 0) is 25.6 Å². The molecule has 4 nitrogen and oxygen atoms in total. The molecule has 0 saturated heterocycles. The molecule has 1 aromatic carbocycles. The fourth-order valence-corrected chi connectivity index (χ4v) is 2.36. The van der Waals surface area contributed by atoms with E-state index in [-0.39, 0.29) is 5.91 Å². The van der Waals surface area contributed by atoms with Gasteiger partial charge in [-0.15, -0.1) is 0 Å². The summed E-state index contributed by atoms with van der Waals surface area (Å²) < 4.78 is 0. The van der Waals surface area contributed by atoms with Crippen LogP contribution in [-0.4, -0.2) is 35.9 Å². The van der Waals surface area contributed by atoms with Crippen molar-refractivity contribution in [2.24, 2.45) is 0 Å². The summed E-state index contributed by atoms with van der Waals surface area (Å²) in [4.78, 5) is 18.0. The van der Waals surface area contributed by atoms with Gasteiger partial charge in [0.2, 0.25) is 5.91 Å². The number of nitrogens with zero attached hydrogens (tertiary/aromatic N) is 2. The Morgan fingerprint density at radius 2 is 2.14 bits per heavy atom. The number of likely N-dealkylation sites (N-methyl/N-ethyl adjacent to an activating group) is 1. The molecular weight excluding hydrogens is 286 g/mol. The maximum Gasteiger partial charge on any atom is 0.234 e. The second kappa shape index (κ2) is 7.38. The monoisotopic (exact) mass is 305 g/mol. The van der Waals surface area contributed by atoms with Crippen molar-refractivity contribution >= 4 is 28.4 Å². The summed E-state index contributed by atoms with van der Waals surface area (Å²) in [5.41, 5.74) is 1.82. The van der Waals surface area contributed by atoms with Crippen LogP contribution in [0.2, 0.25) is 5.15 Å². The minimum absolute atomic E-state index is 0.0317. The third kappa shape index (κ3) is 4.41. The largest absolute Gasteiger partial charge is 0.355 e. The number of nitrogens with one attached hydrogen (secondary N) is 1. The van der Waals surface area contributed by atoms with Crippen molar-refractivity contribution in [1.29, 1.82) is 0 Å². The van der Waals surface area contributed by atoms with Gasteiger partial charge in [-0.1, -0.05) is 36.7 Å². The van der Waals surface area contributed by atoms with Crippen LogP contribution in [0.5, 0.6) is 0 Å². The Bertz CT molecular complexity index is 630. The highest BCUT2D eigenvalue weighted by Crippen LogP contribution is 2.21. The first kappa shape index (κ1) is 15.7. The Kier molecular flexibility index (Phi) is 5.53. The predicted molar refractivity (Wildman–Crippen MR) is 86.4 cm³/mol. The van der Waals surface area contributed by atoms with Crippen molar-refractivity contribution in [3.05, 3.63) is 41.0 Å². The molecule has 0 aliphatic rings. The van der Waals surface area contributed by atoms with Crippen LogP contribution in [0, 0.1) is 0 Å². The fourth-order valence-electron chi connectivity index (χ4n) is 2.16. The molecule has 5 heteroatoms. The van der Waals surface area contributed by atoms with Crippen LogP contribution in [0.25, 0.3) is 10.9 Å². The van der Waals surface area contributed by atoms with E-state index < -0.39 is 0 Å². The van der Waals surface area contributed by atoms with Gasteiger partial charge < -0.3 is 5.32 Å². The average Bonchev–Trinajstić information content (AvgIpc) is 2.45. The standard InChI is InChI=1S/C16H20ClN3O/c1-3-8-18-15(21)11-20(2)10-13-9-12-6-4-5-7-14(12)19-16(13)17/h4-7,9H,3,8,10-11H2,1-2H3,(H,18,21). The Morgan fingerprint density at radius 3 is 2.90 bits per heavy atom. The Balaban J connectivity index is 2.05. The van der Waals surface area contributed by atoms with E-state index in [1.54, 1.807) is 0 Å². The van der Waals surface area contributed by atoms with E-state index in [1.807, 2.05) is 49.2 Å². The van der Waals surface area contributed by atoms with Crippen LogP contribution in [0.1, 0.15) is 18.9 Å². The molecule has 2 rings (SSSR count). The summed E-state index contributed by atoms with van der Waals surface area (Å²) in [6.45, 7) is 3.69. The molecule has 0 radical (unpaired) electrons. The van der Waals surface area contributed by atoms with Crippen molar-refractivity contribution < 1.29 is 4.79 Å². The lowest BCUT2D eigenvalue weighted by Gasteiger charge is -2.17. The molecule has 0 bridgehead atoms. The molecule has 1 amide bonds. The quantitative estimate of drug-likeness (QED) is 0.835. The second-order valence-electron chi connectivity index (χ2n) is 5.15. The fraction of sp³-hybridized carbons (Fsp3) is 0.375. The number of carbonyl (C=O) groups is 1. The van der Waals surface area contributed by atoms with Crippen molar-refractivity contribution in [1.82, 2.24) is 15.2 Å². The lowest BCUT2D eigenvalue weighted by atomic mass is 10.1. The molecule has 112 valence electrons. The number of hydrogen-bond acceptors (Lipinski definition) is 3. The van der Waals surface area contributed by atoms with E-state index in [9.17, 15) is 4.79 Å². The summed E-state index contributed by atoms with van der Waals surface area (Å²) in [5, 5.41) is 4.42. The SMILES string of the molecule is CCCNC(=O)CN(C)Cc1cc2ccccc2nc1Cl. The van der Waals surface area contributed by atoms with E-state index in [1.165, 1.54) is 0 Å². The topological polar surface area (TPSA) is 45.2 Å². The minimum atomic E-state index is 0.0317. The maximum absolute atomic E-state index is 11.7. The summed E-state index contributed by atoms with van der Waals surface area (Å²) in [6.07, 6.45) is 0.940. The number of carbonyl (C=O) groups excluding carboxylic acids is 1. The van der Waals surface area contributed by atoms with Crippen molar-refractivity contribution in [2.75, 3.05) is 20.1 Å². The molecule has 1 heterocycles. The highest BCUT2D eigenvalue weighted by molar-refractivity contribution is 6.30. The van der Waals surface area contributed by atoms with E-state index >= 15 is 0 Å². The Morgan fingerprint density at radius 1 is 1.38 bits per heavy atom. The number of halogens is 1. The molecule has 2 aromatic rings. The van der Waals surface area contributed by atoms with Gasteiger partial charge in [-0.2, -0.15) is 0 Å². The number of benzene rings is 1. The molecule has 21 heavy (non-hydrogen) atoms. The molecule has 0 aliphatic carbocycles. The van der Waals surface area contributed by atoms with Gasteiger partial charge in [0.15, 0.2) is 0 Å². The number of pyridine rings is 1. The highest BCUT2D eigenvalue weighted by atomic mass is 35.5. The summed E-state index contributed by atoms with van der Waals surface area (Å²) in [7, 11) is 1.90. The molecule has 1 aromatic heterocycles. The van der Waals surface area contributed by atoms with Gasteiger partial charge >= 0.3 is 0 Å². The first-order chi connectivity index (χ1) is 10.1. The van der Waals surface area contributed by atoms with Crippen LogP contribution < -0.4 is 5.32 Å². The van der Waals surface area contributed by atoms with Crippen molar-refractivity contribution in [3.8, 4) is 0 Å². The Hall–Kier alpha value is -1.65. The molecule has 0 saturated carbocycles. The predicted octanol–water partition coefficient (Wildman–Crippen LogP) is 2.85. The third-order valence-electron chi connectivity index (χ3n) is 3.18. The zero-order chi connectivity index (χ0) is 15.2. The van der Waals surface area contributed by atoms with Crippen LogP contribution in [0.4, 0.5) is 0 Å².